The summed E-state index contributed by atoms with van der Waals surface area (Å²) in [4.78, 5) is 12.0. The maximum atomic E-state index is 12.0. The molecule has 0 aliphatic heterocycles. The standard InChI is InChI=1S/C19H13NO/c21-19(16-8-2-1-3-9-16)13-14-20-18-12-6-10-15-7-4-5-11-17(15)18/h1-3,5-6,8-14,20H/b14-13-. The maximum absolute atomic E-state index is 12.0. The Hall–Kier alpha value is -3.05. The zero-order chi connectivity index (χ0) is 14.5. The first kappa shape index (κ1) is 13.0. The lowest BCUT2D eigenvalue weighted by Gasteiger charge is -2.04. The van der Waals surface area contributed by atoms with Crippen LogP contribution >= 0.6 is 0 Å². The highest BCUT2D eigenvalue weighted by Gasteiger charge is 2.00. The van der Waals surface area contributed by atoms with Crippen molar-refractivity contribution in [2.45, 2.75) is 0 Å². The molecular formula is C19H13NO. The summed E-state index contributed by atoms with van der Waals surface area (Å²) < 4.78 is 0. The topological polar surface area (TPSA) is 29.1 Å². The second kappa shape index (κ2) is 5.94. The predicted octanol–water partition coefficient (Wildman–Crippen LogP) is 4.25. The molecule has 0 radical (unpaired) electrons. The van der Waals surface area contributed by atoms with E-state index >= 15 is 0 Å². The highest BCUT2D eigenvalue weighted by atomic mass is 16.1. The van der Waals surface area contributed by atoms with Crippen LogP contribution in [0.5, 0.6) is 0 Å². The molecule has 3 rings (SSSR count). The Bertz CT molecular complexity index is 786. The van der Waals surface area contributed by atoms with E-state index in [0.29, 0.717) is 5.56 Å². The van der Waals surface area contributed by atoms with Crippen LogP contribution < -0.4 is 5.32 Å². The van der Waals surface area contributed by atoms with E-state index in [4.69, 9.17) is 0 Å². The van der Waals surface area contributed by atoms with Crippen LogP contribution in [0.15, 0.2) is 72.9 Å². The van der Waals surface area contributed by atoms with E-state index in [1.54, 1.807) is 18.3 Å². The molecule has 0 amide bonds. The van der Waals surface area contributed by atoms with Crippen LogP contribution in [0.4, 0.5) is 5.69 Å². The van der Waals surface area contributed by atoms with Gasteiger partial charge in [0.2, 0.25) is 0 Å². The largest absolute Gasteiger partial charge is 0.361 e. The number of allylic oxidation sites excluding steroid dienone is 1. The lowest BCUT2D eigenvalue weighted by atomic mass is 10.1. The van der Waals surface area contributed by atoms with Crippen LogP contribution in [-0.4, -0.2) is 5.78 Å². The van der Waals surface area contributed by atoms with Gasteiger partial charge < -0.3 is 5.32 Å². The number of benzene rings is 2. The van der Waals surface area contributed by atoms with Gasteiger partial charge >= 0.3 is 0 Å². The predicted molar refractivity (Wildman–Crippen MR) is 85.2 cm³/mol. The fourth-order valence-corrected chi connectivity index (χ4v) is 2.13. The lowest BCUT2D eigenvalue weighted by molar-refractivity contribution is 0.104. The normalized spacial score (nSPS) is 10.5. The van der Waals surface area contributed by atoms with E-state index < -0.39 is 0 Å². The molecule has 2 nitrogen and oxygen atoms in total. The van der Waals surface area contributed by atoms with Gasteiger partial charge in [-0.25, -0.2) is 0 Å². The fraction of sp³-hybridized carbons (Fsp3) is 0. The van der Waals surface area contributed by atoms with E-state index in [-0.39, 0.29) is 5.78 Å². The van der Waals surface area contributed by atoms with Gasteiger partial charge in [-0.2, -0.15) is 0 Å². The summed E-state index contributed by atoms with van der Waals surface area (Å²) in [5.74, 6) is -0.0248. The van der Waals surface area contributed by atoms with Crippen LogP contribution in [0, 0.1) is 12.1 Å². The van der Waals surface area contributed by atoms with Gasteiger partial charge in [-0.05, 0) is 24.3 Å². The van der Waals surface area contributed by atoms with Crippen molar-refractivity contribution in [1.29, 1.82) is 0 Å². The smallest absolute Gasteiger partial charge is 0.187 e. The van der Waals surface area contributed by atoms with Gasteiger partial charge in [0.15, 0.2) is 5.78 Å². The lowest BCUT2D eigenvalue weighted by Crippen LogP contribution is -1.96. The zero-order valence-electron chi connectivity index (χ0n) is 11.3. The van der Waals surface area contributed by atoms with Crippen LogP contribution in [0.25, 0.3) is 10.8 Å². The van der Waals surface area contributed by atoms with Crippen LogP contribution in [-0.2, 0) is 0 Å². The molecule has 0 aliphatic carbocycles. The Kier molecular flexibility index (Phi) is 3.66. The van der Waals surface area contributed by atoms with Crippen molar-refractivity contribution in [1.82, 2.24) is 0 Å². The number of anilines is 1. The van der Waals surface area contributed by atoms with E-state index in [1.165, 1.54) is 6.08 Å². The van der Waals surface area contributed by atoms with E-state index in [1.807, 2.05) is 48.5 Å². The summed E-state index contributed by atoms with van der Waals surface area (Å²) in [6.45, 7) is 0. The van der Waals surface area contributed by atoms with Crippen LogP contribution in [0.3, 0.4) is 0 Å². The third-order valence-corrected chi connectivity index (χ3v) is 3.18. The van der Waals surface area contributed by atoms with Gasteiger partial charge in [-0.3, -0.25) is 4.79 Å². The molecule has 0 fully saturated rings. The Morgan fingerprint density at radius 1 is 1.00 bits per heavy atom. The van der Waals surface area contributed by atoms with Gasteiger partial charge in [0.05, 0.1) is 0 Å². The summed E-state index contributed by atoms with van der Waals surface area (Å²) in [6.07, 6.45) is 3.20. The molecule has 21 heavy (non-hydrogen) atoms. The second-order valence-electron chi connectivity index (χ2n) is 4.58. The van der Waals surface area contributed by atoms with Crippen LogP contribution in [0.1, 0.15) is 10.4 Å². The quantitative estimate of drug-likeness (QED) is 0.567. The Balaban J connectivity index is 1.78. The molecule has 0 aromatic heterocycles. The number of fused-ring (bicyclic) bond motifs is 1. The van der Waals surface area contributed by atoms with Crippen molar-refractivity contribution in [3.8, 4) is 0 Å². The van der Waals surface area contributed by atoms with E-state index in [2.05, 4.69) is 17.4 Å². The molecule has 0 saturated carbocycles. The molecule has 2 heteroatoms. The third-order valence-electron chi connectivity index (χ3n) is 3.18. The summed E-state index contributed by atoms with van der Waals surface area (Å²) in [5, 5.41) is 5.19. The molecule has 0 bridgehead atoms. The first-order valence-corrected chi connectivity index (χ1v) is 6.68. The van der Waals surface area contributed by atoms with Crippen molar-refractivity contribution < 1.29 is 4.79 Å². The molecule has 0 heterocycles. The Labute approximate surface area is 123 Å². The number of hydrogen-bond donors (Lipinski definition) is 1. The number of rotatable bonds is 4. The Morgan fingerprint density at radius 2 is 1.86 bits per heavy atom. The second-order valence-corrected chi connectivity index (χ2v) is 4.58. The van der Waals surface area contributed by atoms with Gasteiger partial charge in [0.25, 0.3) is 0 Å². The molecule has 0 saturated heterocycles. The monoisotopic (exact) mass is 271 g/mol. The van der Waals surface area contributed by atoms with Crippen molar-refractivity contribution in [3.63, 3.8) is 0 Å². The van der Waals surface area contributed by atoms with E-state index in [0.717, 1.165) is 16.5 Å². The molecule has 100 valence electrons. The summed E-state index contributed by atoms with van der Waals surface area (Å²) >= 11 is 0. The summed E-state index contributed by atoms with van der Waals surface area (Å²) in [5.41, 5.74) is 1.62. The van der Waals surface area contributed by atoms with Crippen molar-refractivity contribution in [2.75, 3.05) is 5.32 Å². The first-order valence-electron chi connectivity index (χ1n) is 6.68. The number of carbonyl (C=O) groups excluding carboxylic acids is 1. The minimum Gasteiger partial charge on any atom is -0.361 e. The highest BCUT2D eigenvalue weighted by molar-refractivity contribution is 6.04. The molecule has 1 N–H and O–H groups in total. The number of hydrogen-bond acceptors (Lipinski definition) is 2. The van der Waals surface area contributed by atoms with Gasteiger partial charge in [-0.1, -0.05) is 48.5 Å². The van der Waals surface area contributed by atoms with Gasteiger partial charge in [-0.15, -0.1) is 0 Å². The molecule has 3 aromatic carbocycles. The van der Waals surface area contributed by atoms with Crippen molar-refractivity contribution in [2.24, 2.45) is 0 Å². The van der Waals surface area contributed by atoms with Gasteiger partial charge in [0, 0.05) is 34.3 Å². The molecule has 0 spiro atoms. The minimum atomic E-state index is -0.0248. The average Bonchev–Trinajstić information content (AvgIpc) is 2.56. The first-order chi connectivity index (χ1) is 10.3. The Morgan fingerprint density at radius 3 is 2.71 bits per heavy atom. The SMILES string of the molecule is O=C(/C=C\Nc1cccc2c#cccc12)c1ccccc1. The molecule has 0 aliphatic rings. The minimum absolute atomic E-state index is 0.0248. The molecule has 0 unspecified atom stereocenters. The number of ketones is 1. The van der Waals surface area contributed by atoms with Crippen molar-refractivity contribution in [3.05, 3.63) is 90.6 Å². The average molecular weight is 271 g/mol. The summed E-state index contributed by atoms with van der Waals surface area (Å²) in [6, 6.07) is 24.9. The highest BCUT2D eigenvalue weighted by Crippen LogP contribution is 2.21. The van der Waals surface area contributed by atoms with E-state index in [9.17, 15) is 4.79 Å². The molecule has 3 aromatic rings. The van der Waals surface area contributed by atoms with Gasteiger partial charge in [0.1, 0.15) is 0 Å². The number of carbonyl (C=O) groups is 1. The fourth-order valence-electron chi connectivity index (χ4n) is 2.13. The summed E-state index contributed by atoms with van der Waals surface area (Å²) in [7, 11) is 0. The maximum Gasteiger partial charge on any atom is 0.187 e. The molecule has 0 atom stereocenters. The third kappa shape index (κ3) is 2.93. The van der Waals surface area contributed by atoms with Crippen molar-refractivity contribution >= 4 is 22.2 Å². The molecular weight excluding hydrogens is 258 g/mol. The number of nitrogens with one attached hydrogen (secondary N) is 1. The zero-order valence-corrected chi connectivity index (χ0v) is 11.3. The van der Waals surface area contributed by atoms with Crippen LogP contribution in [0.2, 0.25) is 0 Å².